The van der Waals surface area contributed by atoms with Crippen molar-refractivity contribution in [2.45, 2.75) is 51.5 Å². The van der Waals surface area contributed by atoms with Gasteiger partial charge in [-0.1, -0.05) is 37.6 Å². The predicted octanol–water partition coefficient (Wildman–Crippen LogP) is 6.22. The van der Waals surface area contributed by atoms with Crippen LogP contribution in [0.5, 0.6) is 11.5 Å². The molecule has 8 nitrogen and oxygen atoms in total. The molecule has 9 heteroatoms. The average molecular weight is 587 g/mol. The number of nitrogens with one attached hydrogen (secondary N) is 2. The predicted molar refractivity (Wildman–Crippen MR) is 169 cm³/mol. The molecule has 6 rings (SSSR count). The summed E-state index contributed by atoms with van der Waals surface area (Å²) >= 11 is 0. The molecule has 2 N–H and O–H groups in total. The van der Waals surface area contributed by atoms with Crippen molar-refractivity contribution in [1.82, 2.24) is 14.8 Å². The van der Waals surface area contributed by atoms with Crippen LogP contribution < -0.4 is 20.8 Å². The van der Waals surface area contributed by atoms with Crippen LogP contribution in [0.2, 0.25) is 0 Å². The lowest BCUT2D eigenvalue weighted by molar-refractivity contribution is 0.0949. The highest BCUT2D eigenvalue weighted by Gasteiger charge is 2.29. The second kappa shape index (κ2) is 12.7. The zero-order chi connectivity index (χ0) is 29.9. The Morgan fingerprint density at radius 2 is 1.91 bits per heavy atom. The van der Waals surface area contributed by atoms with E-state index in [0.29, 0.717) is 55.7 Å². The number of hydrogen-bond acceptors (Lipinski definition) is 6. The van der Waals surface area contributed by atoms with Crippen LogP contribution in [0.1, 0.15) is 55.8 Å². The van der Waals surface area contributed by atoms with Gasteiger partial charge in [-0.2, -0.15) is 0 Å². The Balaban J connectivity index is 1.37. The van der Waals surface area contributed by atoms with E-state index in [0.717, 1.165) is 49.4 Å². The number of benzene rings is 3. The quantitative estimate of drug-likeness (QED) is 0.169. The maximum atomic E-state index is 15.7. The number of unbranched alkanes of at least 4 members (excludes halogenated alkanes) is 1. The van der Waals surface area contributed by atoms with Gasteiger partial charge < -0.3 is 29.6 Å². The largest absolute Gasteiger partial charge is 0.451 e. The highest BCUT2D eigenvalue weighted by molar-refractivity contribution is 6.02. The molecule has 2 aliphatic rings. The summed E-state index contributed by atoms with van der Waals surface area (Å²) in [6, 6.07) is 13.4. The number of nitrogens with zero attached hydrogens (tertiary/aromatic N) is 2. The molecular formula is C34H39FN4O4. The third kappa shape index (κ3) is 5.84. The Morgan fingerprint density at radius 3 is 2.67 bits per heavy atom. The normalized spacial score (nSPS) is 15.9. The van der Waals surface area contributed by atoms with Gasteiger partial charge in [-0.3, -0.25) is 9.59 Å². The van der Waals surface area contributed by atoms with Crippen molar-refractivity contribution in [3.8, 4) is 17.2 Å². The number of carbonyl (C=O) groups is 1. The number of anilines is 1. The van der Waals surface area contributed by atoms with Gasteiger partial charge in [0.05, 0.1) is 11.1 Å². The monoisotopic (exact) mass is 586 g/mol. The van der Waals surface area contributed by atoms with E-state index in [9.17, 15) is 9.59 Å². The maximum Gasteiger partial charge on any atom is 0.256 e. The van der Waals surface area contributed by atoms with E-state index in [1.54, 1.807) is 10.8 Å². The Labute approximate surface area is 250 Å². The first-order chi connectivity index (χ1) is 21.0. The highest BCUT2D eigenvalue weighted by atomic mass is 19.1. The molecule has 1 fully saturated rings. The molecule has 2 aliphatic heterocycles. The van der Waals surface area contributed by atoms with Gasteiger partial charge in [-0.05, 0) is 74.7 Å². The van der Waals surface area contributed by atoms with Crippen molar-refractivity contribution in [2.75, 3.05) is 45.2 Å². The molecule has 1 saturated heterocycles. The molecule has 1 amide bonds. The van der Waals surface area contributed by atoms with Crippen LogP contribution in [0.15, 0.2) is 53.5 Å². The Morgan fingerprint density at radius 1 is 1.12 bits per heavy atom. The van der Waals surface area contributed by atoms with Crippen LogP contribution >= 0.6 is 0 Å². The molecule has 0 aliphatic carbocycles. The number of ether oxygens (including phenoxy) is 2. The number of pyridine rings is 1. The number of amides is 1. The minimum absolute atomic E-state index is 0.0245. The first-order valence-corrected chi connectivity index (χ1v) is 15.4. The van der Waals surface area contributed by atoms with Gasteiger partial charge in [-0.15, -0.1) is 0 Å². The summed E-state index contributed by atoms with van der Waals surface area (Å²) in [5.41, 5.74) is 0.750. The van der Waals surface area contributed by atoms with Gasteiger partial charge in [0.25, 0.3) is 5.91 Å². The van der Waals surface area contributed by atoms with Crippen molar-refractivity contribution < 1.29 is 18.7 Å². The molecule has 43 heavy (non-hydrogen) atoms. The number of carbonyl (C=O) groups excluding carboxylic acids is 1. The van der Waals surface area contributed by atoms with Crippen molar-refractivity contribution in [3.63, 3.8) is 0 Å². The van der Waals surface area contributed by atoms with E-state index in [1.165, 1.54) is 6.07 Å². The second-order valence-corrected chi connectivity index (χ2v) is 11.5. The zero-order valence-electron chi connectivity index (χ0n) is 24.9. The van der Waals surface area contributed by atoms with E-state index < -0.39 is 17.2 Å². The van der Waals surface area contributed by atoms with E-state index >= 15 is 4.39 Å². The molecule has 0 saturated carbocycles. The lowest BCUT2D eigenvalue weighted by Crippen LogP contribution is -2.34. The fourth-order valence-corrected chi connectivity index (χ4v) is 6.16. The third-order valence-corrected chi connectivity index (χ3v) is 8.58. The molecule has 1 aromatic heterocycles. The SMILES string of the molecule is CCCCOCCCNc1c(F)cc2c(=O)c(C(=O)NCCC3CCCN3C)cn3c2c1Oc1cc2ccccc2cc1-3. The van der Waals surface area contributed by atoms with Crippen molar-refractivity contribution in [1.29, 1.82) is 0 Å². The van der Waals surface area contributed by atoms with Crippen LogP contribution in [-0.2, 0) is 4.74 Å². The fourth-order valence-electron chi connectivity index (χ4n) is 6.16. The first kappa shape index (κ1) is 29.1. The van der Waals surface area contributed by atoms with Crippen molar-refractivity contribution in [2.24, 2.45) is 0 Å². The molecule has 1 atom stereocenters. The third-order valence-electron chi connectivity index (χ3n) is 8.58. The summed E-state index contributed by atoms with van der Waals surface area (Å²) < 4.78 is 29.5. The number of halogens is 1. The summed E-state index contributed by atoms with van der Waals surface area (Å²) in [5, 5.41) is 8.17. The number of fused-ring (bicyclic) bond motifs is 3. The molecule has 0 bridgehead atoms. The first-order valence-electron chi connectivity index (χ1n) is 15.4. The van der Waals surface area contributed by atoms with Gasteiger partial charge >= 0.3 is 0 Å². The van der Waals surface area contributed by atoms with Gasteiger partial charge in [0.1, 0.15) is 16.8 Å². The Hall–Kier alpha value is -3.95. The topological polar surface area (TPSA) is 84.8 Å². The Bertz CT molecular complexity index is 1720. The molecule has 3 heterocycles. The minimum atomic E-state index is -0.607. The Kier molecular flexibility index (Phi) is 8.63. The van der Waals surface area contributed by atoms with Crippen LogP contribution in [0.25, 0.3) is 27.4 Å². The molecule has 1 unspecified atom stereocenters. The zero-order valence-corrected chi connectivity index (χ0v) is 24.9. The van der Waals surface area contributed by atoms with Crippen LogP contribution in [0.3, 0.4) is 0 Å². The number of hydrogen-bond donors (Lipinski definition) is 2. The number of rotatable bonds is 12. The second-order valence-electron chi connectivity index (χ2n) is 11.5. The van der Waals surface area contributed by atoms with E-state index in [4.69, 9.17) is 9.47 Å². The number of likely N-dealkylation sites (tertiary alicyclic amines) is 1. The molecule has 4 aromatic rings. The van der Waals surface area contributed by atoms with Crippen LogP contribution in [0, 0.1) is 5.82 Å². The average Bonchev–Trinajstić information content (AvgIpc) is 3.42. The lowest BCUT2D eigenvalue weighted by atomic mass is 10.0. The van der Waals surface area contributed by atoms with Gasteiger partial charge in [0, 0.05) is 38.5 Å². The van der Waals surface area contributed by atoms with Crippen LogP contribution in [0.4, 0.5) is 10.1 Å². The fraction of sp³-hybridized carbons (Fsp3) is 0.412. The summed E-state index contributed by atoms with van der Waals surface area (Å²) in [6.07, 6.45) is 7.40. The van der Waals surface area contributed by atoms with Gasteiger partial charge in [-0.25, -0.2) is 4.39 Å². The van der Waals surface area contributed by atoms with Crippen LogP contribution in [-0.4, -0.2) is 61.3 Å². The molecule has 226 valence electrons. The van der Waals surface area contributed by atoms with E-state index in [-0.39, 0.29) is 22.4 Å². The van der Waals surface area contributed by atoms with Gasteiger partial charge in [0.15, 0.2) is 17.3 Å². The standard InChI is InChI=1S/C34H39FN4O4/c1-3-4-16-42-17-8-13-36-30-27(35)20-25-31-33(30)43-29-19-23-10-6-5-9-22(23)18-28(29)39(31)21-26(32(25)40)34(41)37-14-12-24-11-7-15-38(24)2/h5-6,9-10,18-21,24,36H,3-4,7-8,11-17H2,1-2H3,(H,37,41). The van der Waals surface area contributed by atoms with E-state index in [2.05, 4.69) is 29.5 Å². The van der Waals surface area contributed by atoms with Crippen molar-refractivity contribution >= 4 is 33.3 Å². The summed E-state index contributed by atoms with van der Waals surface area (Å²) in [6.45, 7) is 5.37. The molecule has 0 radical (unpaired) electrons. The summed E-state index contributed by atoms with van der Waals surface area (Å²) in [7, 11) is 2.10. The number of aromatic nitrogens is 1. The van der Waals surface area contributed by atoms with Crippen molar-refractivity contribution in [3.05, 3.63) is 70.3 Å². The molecular weight excluding hydrogens is 547 g/mol. The van der Waals surface area contributed by atoms with Gasteiger partial charge in [0.2, 0.25) is 5.43 Å². The minimum Gasteiger partial charge on any atom is -0.451 e. The lowest BCUT2D eigenvalue weighted by Gasteiger charge is -2.27. The smallest absolute Gasteiger partial charge is 0.256 e. The molecule has 3 aromatic carbocycles. The maximum absolute atomic E-state index is 15.7. The summed E-state index contributed by atoms with van der Waals surface area (Å²) in [5.74, 6) is -0.317. The molecule has 0 spiro atoms. The highest BCUT2D eigenvalue weighted by Crippen LogP contribution is 2.46. The van der Waals surface area contributed by atoms with E-state index in [1.807, 2.05) is 36.4 Å². The summed E-state index contributed by atoms with van der Waals surface area (Å²) in [4.78, 5) is 29.4.